The second-order valence-corrected chi connectivity index (χ2v) is 8.24. The summed E-state index contributed by atoms with van der Waals surface area (Å²) in [5, 5.41) is 9.53. The van der Waals surface area contributed by atoms with Crippen LogP contribution in [0.25, 0.3) is 0 Å². The van der Waals surface area contributed by atoms with Gasteiger partial charge in [-0.1, -0.05) is 30.3 Å². The van der Waals surface area contributed by atoms with E-state index in [2.05, 4.69) is 4.98 Å². The second-order valence-electron chi connectivity index (χ2n) is 6.35. The van der Waals surface area contributed by atoms with Crippen LogP contribution in [0.15, 0.2) is 47.9 Å². The van der Waals surface area contributed by atoms with Gasteiger partial charge in [0.15, 0.2) is 5.03 Å². The summed E-state index contributed by atoms with van der Waals surface area (Å²) in [6, 6.07) is 9.00. The second kappa shape index (κ2) is 7.08. The maximum Gasteiger partial charge on any atom is 0.407 e. The first-order chi connectivity index (χ1) is 12.3. The average Bonchev–Trinajstić information content (AvgIpc) is 3.24. The maximum absolute atomic E-state index is 12.9. The Morgan fingerprint density at radius 1 is 1.31 bits per heavy atom. The highest BCUT2D eigenvalue weighted by Gasteiger charge is 2.44. The quantitative estimate of drug-likeness (QED) is 0.852. The number of benzene rings is 1. The van der Waals surface area contributed by atoms with E-state index in [4.69, 9.17) is 0 Å². The van der Waals surface area contributed by atoms with E-state index in [-0.39, 0.29) is 24.0 Å². The van der Waals surface area contributed by atoms with Crippen LogP contribution in [0.2, 0.25) is 0 Å². The van der Waals surface area contributed by atoms with Crippen molar-refractivity contribution in [3.8, 4) is 0 Å². The van der Waals surface area contributed by atoms with Crippen LogP contribution in [0.3, 0.4) is 0 Å². The van der Waals surface area contributed by atoms with Crippen LogP contribution in [0.1, 0.15) is 18.4 Å². The van der Waals surface area contributed by atoms with Crippen molar-refractivity contribution in [2.24, 2.45) is 7.05 Å². The zero-order chi connectivity index (χ0) is 18.9. The zero-order valence-electron chi connectivity index (χ0n) is 14.7. The lowest BCUT2D eigenvalue weighted by atomic mass is 9.93. The topological polar surface area (TPSA) is 95.7 Å². The van der Waals surface area contributed by atoms with Crippen LogP contribution >= 0.6 is 0 Å². The summed E-state index contributed by atoms with van der Waals surface area (Å²) >= 11 is 0. The van der Waals surface area contributed by atoms with Gasteiger partial charge >= 0.3 is 6.09 Å². The van der Waals surface area contributed by atoms with Crippen molar-refractivity contribution >= 4 is 16.1 Å². The fraction of sp³-hybridized carbons (Fsp3) is 0.412. The maximum atomic E-state index is 12.9. The number of amides is 1. The van der Waals surface area contributed by atoms with Crippen molar-refractivity contribution in [2.45, 2.75) is 23.9 Å². The van der Waals surface area contributed by atoms with Gasteiger partial charge in [0.05, 0.1) is 12.4 Å². The van der Waals surface area contributed by atoms with Crippen LogP contribution in [-0.2, 0) is 17.1 Å². The third-order valence-electron chi connectivity index (χ3n) is 4.76. The van der Waals surface area contributed by atoms with E-state index in [1.54, 1.807) is 18.5 Å². The average molecular weight is 378 g/mol. The highest BCUT2D eigenvalue weighted by molar-refractivity contribution is 7.89. The lowest BCUT2D eigenvalue weighted by Gasteiger charge is -2.29. The smallest absolute Gasteiger partial charge is 0.407 e. The molecule has 8 nitrogen and oxygen atoms in total. The Balaban J connectivity index is 1.97. The number of imidazole rings is 1. The Bertz CT molecular complexity index is 881. The van der Waals surface area contributed by atoms with Gasteiger partial charge in [-0.25, -0.2) is 18.2 Å². The van der Waals surface area contributed by atoms with Gasteiger partial charge in [0.25, 0.3) is 10.0 Å². The van der Waals surface area contributed by atoms with E-state index in [0.717, 1.165) is 5.56 Å². The Kier molecular flexibility index (Phi) is 5.01. The van der Waals surface area contributed by atoms with E-state index < -0.39 is 22.2 Å². The molecule has 0 bridgehead atoms. The van der Waals surface area contributed by atoms with Gasteiger partial charge in [-0.3, -0.25) is 0 Å². The summed E-state index contributed by atoms with van der Waals surface area (Å²) in [6.07, 6.45) is 1.84. The molecule has 0 spiro atoms. The fourth-order valence-electron chi connectivity index (χ4n) is 3.46. The number of aryl methyl sites for hydroxylation is 1. The molecule has 1 aromatic carbocycles. The molecule has 0 saturated carbocycles. The number of rotatable bonds is 5. The summed E-state index contributed by atoms with van der Waals surface area (Å²) in [6.45, 7) is 2.38. The highest BCUT2D eigenvalue weighted by Crippen LogP contribution is 2.34. The number of aromatic nitrogens is 2. The summed E-state index contributed by atoms with van der Waals surface area (Å²) in [7, 11) is -2.07. The molecule has 1 saturated heterocycles. The van der Waals surface area contributed by atoms with Gasteiger partial charge in [-0.15, -0.1) is 0 Å². The summed E-state index contributed by atoms with van der Waals surface area (Å²) in [5.74, 6) is -0.231. The molecule has 2 aromatic rings. The predicted molar refractivity (Wildman–Crippen MR) is 95.3 cm³/mol. The van der Waals surface area contributed by atoms with E-state index >= 15 is 0 Å². The van der Waals surface area contributed by atoms with Crippen LogP contribution in [0.4, 0.5) is 4.79 Å². The lowest BCUT2D eigenvalue weighted by molar-refractivity contribution is 0.126. The normalized spacial score (nSPS) is 21.0. The van der Waals surface area contributed by atoms with Gasteiger partial charge in [-0.2, -0.15) is 4.31 Å². The first-order valence-corrected chi connectivity index (χ1v) is 9.81. The van der Waals surface area contributed by atoms with Crippen molar-refractivity contribution in [2.75, 3.05) is 19.6 Å². The fourth-order valence-corrected chi connectivity index (χ4v) is 4.91. The van der Waals surface area contributed by atoms with Gasteiger partial charge < -0.3 is 14.6 Å². The SMILES string of the molecule is CCN(C(=O)O)[C@H]1CN(S(=O)(=O)c2cn(C)cn2)C[C@@H]1c1ccccc1. The molecule has 9 heteroatoms. The standard InChI is InChI=1S/C17H22N4O4S/c1-3-21(17(22)23)15-10-20(9-14(15)13-7-5-4-6-8-13)26(24,25)16-11-19(2)12-18-16/h4-8,11-12,14-15H,3,9-10H2,1-2H3,(H,22,23)/t14-,15+/m1/s1. The monoisotopic (exact) mass is 378 g/mol. The Morgan fingerprint density at radius 2 is 2.00 bits per heavy atom. The molecule has 26 heavy (non-hydrogen) atoms. The Labute approximate surface area is 152 Å². The Hall–Kier alpha value is -2.39. The van der Waals surface area contributed by atoms with Crippen molar-refractivity contribution in [3.63, 3.8) is 0 Å². The predicted octanol–water partition coefficient (Wildman–Crippen LogP) is 1.58. The third kappa shape index (κ3) is 3.32. The number of carbonyl (C=O) groups is 1. The van der Waals surface area contributed by atoms with Crippen molar-refractivity contribution < 1.29 is 18.3 Å². The molecular weight excluding hydrogens is 356 g/mol. The number of hydrogen-bond acceptors (Lipinski definition) is 4. The molecule has 1 N–H and O–H groups in total. The van der Waals surface area contributed by atoms with Gasteiger partial charge in [0.1, 0.15) is 0 Å². The van der Waals surface area contributed by atoms with Crippen LogP contribution in [-0.4, -0.2) is 64.0 Å². The number of sulfonamides is 1. The zero-order valence-corrected chi connectivity index (χ0v) is 15.5. The highest BCUT2D eigenvalue weighted by atomic mass is 32.2. The van der Waals surface area contributed by atoms with Gasteiger partial charge in [0, 0.05) is 38.8 Å². The van der Waals surface area contributed by atoms with E-state index in [0.29, 0.717) is 6.54 Å². The van der Waals surface area contributed by atoms with E-state index in [1.165, 1.54) is 21.7 Å². The number of carboxylic acid groups (broad SMARTS) is 1. The number of nitrogens with zero attached hydrogens (tertiary/aromatic N) is 4. The first-order valence-electron chi connectivity index (χ1n) is 8.37. The van der Waals surface area contributed by atoms with Crippen LogP contribution in [0, 0.1) is 0 Å². The molecule has 2 heterocycles. The molecule has 3 rings (SSSR count). The number of likely N-dealkylation sites (N-methyl/N-ethyl adjacent to an activating group) is 1. The third-order valence-corrected chi connectivity index (χ3v) is 6.47. The largest absolute Gasteiger partial charge is 0.465 e. The minimum atomic E-state index is -3.78. The molecular formula is C17H22N4O4S. The molecule has 0 aliphatic carbocycles. The van der Waals surface area contributed by atoms with E-state index in [9.17, 15) is 18.3 Å². The molecule has 0 radical (unpaired) electrons. The first kappa shape index (κ1) is 18.4. The molecule has 1 aliphatic heterocycles. The molecule has 1 fully saturated rings. The van der Waals surface area contributed by atoms with Crippen LogP contribution < -0.4 is 0 Å². The molecule has 2 atom stereocenters. The molecule has 140 valence electrons. The van der Waals surface area contributed by atoms with Gasteiger partial charge in [-0.05, 0) is 12.5 Å². The van der Waals surface area contributed by atoms with Gasteiger partial charge in [0.2, 0.25) is 0 Å². The molecule has 0 unspecified atom stereocenters. The Morgan fingerprint density at radius 3 is 2.54 bits per heavy atom. The molecule has 1 amide bonds. The van der Waals surface area contributed by atoms with Crippen molar-refractivity contribution in [1.29, 1.82) is 0 Å². The lowest BCUT2D eigenvalue weighted by Crippen LogP contribution is -2.43. The number of hydrogen-bond donors (Lipinski definition) is 1. The molecule has 1 aromatic heterocycles. The van der Waals surface area contributed by atoms with Crippen molar-refractivity contribution in [1.82, 2.24) is 18.8 Å². The molecule has 1 aliphatic rings. The summed E-state index contributed by atoms with van der Waals surface area (Å²) in [4.78, 5) is 16.9. The van der Waals surface area contributed by atoms with E-state index in [1.807, 2.05) is 30.3 Å². The summed E-state index contributed by atoms with van der Waals surface area (Å²) in [5.41, 5.74) is 0.927. The van der Waals surface area contributed by atoms with Crippen LogP contribution in [0.5, 0.6) is 0 Å². The minimum Gasteiger partial charge on any atom is -0.465 e. The van der Waals surface area contributed by atoms with Crippen molar-refractivity contribution in [3.05, 3.63) is 48.4 Å². The minimum absolute atomic E-state index is 0.0224. The summed E-state index contributed by atoms with van der Waals surface area (Å²) < 4.78 is 28.8.